The van der Waals surface area contributed by atoms with Crippen LogP contribution in [0.3, 0.4) is 0 Å². The predicted octanol–water partition coefficient (Wildman–Crippen LogP) is 6.27. The van der Waals surface area contributed by atoms with Gasteiger partial charge in [0.05, 0.1) is 18.7 Å². The van der Waals surface area contributed by atoms with E-state index in [1.54, 1.807) is 19.9 Å². The number of fused-ring (bicyclic) bond motifs is 1. The van der Waals surface area contributed by atoms with Crippen LogP contribution in [0.25, 0.3) is 10.9 Å². The van der Waals surface area contributed by atoms with Crippen LogP contribution in [0.2, 0.25) is 0 Å². The van der Waals surface area contributed by atoms with Gasteiger partial charge in [0, 0.05) is 22.5 Å². The van der Waals surface area contributed by atoms with Gasteiger partial charge in [0.2, 0.25) is 0 Å². The summed E-state index contributed by atoms with van der Waals surface area (Å²) in [6, 6.07) is 4.54. The first kappa shape index (κ1) is 29.3. The van der Waals surface area contributed by atoms with Crippen LogP contribution in [-0.2, 0) is 5.92 Å². The molecule has 0 unspecified atom stereocenters. The first-order chi connectivity index (χ1) is 19.2. The van der Waals surface area contributed by atoms with Crippen molar-refractivity contribution in [3.8, 4) is 11.5 Å². The monoisotopic (exact) mass is 576 g/mol. The van der Waals surface area contributed by atoms with Crippen LogP contribution < -0.4 is 14.8 Å². The van der Waals surface area contributed by atoms with E-state index in [2.05, 4.69) is 27.2 Å². The first-order valence-corrected chi connectivity index (χ1v) is 13.8. The number of aromatic nitrogens is 2. The molecule has 2 N–H and O–H groups in total. The fraction of sp³-hybridized carbons (Fsp3) is 0.533. The Balaban J connectivity index is 1.48. The summed E-state index contributed by atoms with van der Waals surface area (Å²) < 4.78 is 72.4. The van der Waals surface area contributed by atoms with E-state index in [0.29, 0.717) is 6.61 Å². The van der Waals surface area contributed by atoms with E-state index in [0.717, 1.165) is 32.8 Å². The number of ether oxygens (including phenoxy) is 2. The maximum absolute atomic E-state index is 15.7. The number of hydrogen-bond donors (Lipinski definition) is 2. The first-order valence-electron chi connectivity index (χ1n) is 13.8. The molecule has 1 spiro atoms. The van der Waals surface area contributed by atoms with Crippen LogP contribution in [0.4, 0.5) is 23.4 Å². The second kappa shape index (κ2) is 10.3. The zero-order chi connectivity index (χ0) is 29.9. The minimum absolute atomic E-state index is 0.0193. The van der Waals surface area contributed by atoms with Crippen LogP contribution in [0.15, 0.2) is 24.3 Å². The zero-order valence-electron chi connectivity index (χ0n) is 24.1. The van der Waals surface area contributed by atoms with Crippen molar-refractivity contribution in [2.24, 2.45) is 0 Å². The molecule has 222 valence electrons. The maximum Gasteiger partial charge on any atom is 0.303 e. The average molecular weight is 577 g/mol. The Morgan fingerprint density at radius 3 is 2.49 bits per heavy atom. The molecule has 1 aromatic heterocycles. The fourth-order valence-corrected chi connectivity index (χ4v) is 5.76. The predicted molar refractivity (Wildman–Crippen MR) is 148 cm³/mol. The highest BCUT2D eigenvalue weighted by atomic mass is 19.3. The fourth-order valence-electron chi connectivity index (χ4n) is 5.76. The third kappa shape index (κ3) is 5.07. The van der Waals surface area contributed by atoms with E-state index < -0.39 is 34.8 Å². The topological polar surface area (TPSA) is 79.7 Å². The van der Waals surface area contributed by atoms with Crippen molar-refractivity contribution in [2.75, 3.05) is 26.1 Å². The summed E-state index contributed by atoms with van der Waals surface area (Å²) in [6.07, 6.45) is 4.45. The molecule has 2 heterocycles. The standard InChI is InChI=1S/C30H36F4N4O3/c1-16(19-8-7-9-21(23(19)31)30(33,34)28(3,4)39)35-27-20-14-22(26(40-6)24(32)25(20)36-17(2)37-27)41-15-18-10-11-29(12-13-29)38(18)5/h7-9,14,16,18,39H,10-13,15H2,1-6H3,(H,35,36,37)/t16-,18+/m1/s1. The normalized spacial score (nSPS) is 19.5. The lowest BCUT2D eigenvalue weighted by Crippen LogP contribution is -2.41. The highest BCUT2D eigenvalue weighted by Gasteiger charge is 2.52. The Bertz CT molecular complexity index is 1470. The third-order valence-electron chi connectivity index (χ3n) is 8.62. The van der Waals surface area contributed by atoms with Crippen LogP contribution in [0.5, 0.6) is 11.5 Å². The smallest absolute Gasteiger partial charge is 0.303 e. The molecule has 2 fully saturated rings. The molecule has 11 heteroatoms. The molecule has 1 saturated heterocycles. The highest BCUT2D eigenvalue weighted by molar-refractivity contribution is 5.92. The number of halogens is 4. The van der Waals surface area contributed by atoms with Crippen molar-refractivity contribution in [1.82, 2.24) is 14.9 Å². The molecule has 2 aliphatic rings. The Morgan fingerprint density at radius 2 is 1.88 bits per heavy atom. The number of anilines is 1. The largest absolute Gasteiger partial charge is 0.490 e. The quantitative estimate of drug-likeness (QED) is 0.291. The van der Waals surface area contributed by atoms with Crippen molar-refractivity contribution in [1.29, 1.82) is 0 Å². The molecular weight excluding hydrogens is 540 g/mol. The third-order valence-corrected chi connectivity index (χ3v) is 8.62. The maximum atomic E-state index is 15.7. The molecule has 2 aromatic carbocycles. The van der Waals surface area contributed by atoms with Crippen molar-refractivity contribution in [3.05, 3.63) is 52.9 Å². The second-order valence-corrected chi connectivity index (χ2v) is 11.8. The minimum Gasteiger partial charge on any atom is -0.490 e. The van der Waals surface area contributed by atoms with Crippen molar-refractivity contribution in [3.63, 3.8) is 0 Å². The molecule has 0 bridgehead atoms. The number of nitrogens with zero attached hydrogens (tertiary/aromatic N) is 3. The van der Waals surface area contributed by atoms with E-state index >= 15 is 8.78 Å². The zero-order valence-corrected chi connectivity index (χ0v) is 24.1. The van der Waals surface area contributed by atoms with Gasteiger partial charge in [-0.1, -0.05) is 12.1 Å². The van der Waals surface area contributed by atoms with Crippen molar-refractivity contribution >= 4 is 16.7 Å². The highest BCUT2D eigenvalue weighted by Crippen LogP contribution is 2.51. The molecule has 1 aliphatic heterocycles. The second-order valence-electron chi connectivity index (χ2n) is 11.8. The molecule has 0 radical (unpaired) electrons. The van der Waals surface area contributed by atoms with Crippen LogP contribution in [0, 0.1) is 18.6 Å². The summed E-state index contributed by atoms with van der Waals surface area (Å²) in [5.41, 5.74) is -3.22. The average Bonchev–Trinajstić information content (AvgIpc) is 3.62. The van der Waals surface area contributed by atoms with Gasteiger partial charge in [-0.05, 0) is 72.6 Å². The van der Waals surface area contributed by atoms with Gasteiger partial charge < -0.3 is 19.9 Å². The lowest BCUT2D eigenvalue weighted by Gasteiger charge is -2.30. The Labute approximate surface area is 236 Å². The van der Waals surface area contributed by atoms with Crippen LogP contribution >= 0.6 is 0 Å². The number of benzene rings is 2. The number of methoxy groups -OCH3 is 1. The van der Waals surface area contributed by atoms with E-state index in [-0.39, 0.29) is 51.2 Å². The number of nitrogens with one attached hydrogen (secondary N) is 1. The number of aliphatic hydroxyl groups is 1. The van der Waals surface area contributed by atoms with Gasteiger partial charge in [0.25, 0.3) is 0 Å². The molecule has 5 rings (SSSR count). The van der Waals surface area contributed by atoms with Crippen molar-refractivity contribution < 1.29 is 32.1 Å². The number of aryl methyl sites for hydroxylation is 1. The summed E-state index contributed by atoms with van der Waals surface area (Å²) in [5, 5.41) is 13.3. The minimum atomic E-state index is -3.84. The number of hydrogen-bond acceptors (Lipinski definition) is 7. The molecule has 0 amide bonds. The van der Waals surface area contributed by atoms with E-state index in [1.807, 2.05) is 0 Å². The lowest BCUT2D eigenvalue weighted by molar-refractivity contribution is -0.170. The van der Waals surface area contributed by atoms with Gasteiger partial charge in [0.1, 0.15) is 35.2 Å². The Morgan fingerprint density at radius 1 is 1.17 bits per heavy atom. The molecule has 3 aromatic rings. The van der Waals surface area contributed by atoms with E-state index in [1.165, 1.54) is 32.1 Å². The number of rotatable bonds is 9. The lowest BCUT2D eigenvalue weighted by atomic mass is 9.91. The van der Waals surface area contributed by atoms with Crippen molar-refractivity contribution in [2.45, 2.75) is 82.5 Å². The Hall–Kier alpha value is -3.18. The summed E-state index contributed by atoms with van der Waals surface area (Å²) in [5.74, 6) is -5.19. The number of alkyl halides is 2. The molecule has 2 atom stereocenters. The van der Waals surface area contributed by atoms with E-state index in [9.17, 15) is 13.9 Å². The molecular formula is C30H36F4N4O3. The summed E-state index contributed by atoms with van der Waals surface area (Å²) in [6.45, 7) is 5.36. The molecule has 1 aliphatic carbocycles. The SMILES string of the molecule is COc1c(OC[C@@H]2CCC3(CC3)N2C)cc2c(N[C@H](C)c3cccc(C(F)(F)C(C)(C)O)c3F)nc(C)nc2c1F. The number of likely N-dealkylation sites (N-methyl/N-ethyl adjacent to an activating group) is 1. The van der Waals surface area contributed by atoms with Gasteiger partial charge in [-0.25, -0.2) is 18.7 Å². The summed E-state index contributed by atoms with van der Waals surface area (Å²) >= 11 is 0. The molecule has 1 saturated carbocycles. The van der Waals surface area contributed by atoms with Gasteiger partial charge in [-0.2, -0.15) is 8.78 Å². The number of likely N-dealkylation sites (tertiary alicyclic amines) is 1. The summed E-state index contributed by atoms with van der Waals surface area (Å²) in [4.78, 5) is 11.0. The van der Waals surface area contributed by atoms with Gasteiger partial charge >= 0.3 is 5.92 Å². The van der Waals surface area contributed by atoms with Crippen LogP contribution in [-0.4, -0.2) is 57.9 Å². The van der Waals surface area contributed by atoms with E-state index in [4.69, 9.17) is 9.47 Å². The molecule has 41 heavy (non-hydrogen) atoms. The van der Waals surface area contributed by atoms with Gasteiger partial charge in [-0.3, -0.25) is 4.90 Å². The Kier molecular flexibility index (Phi) is 7.34. The summed E-state index contributed by atoms with van der Waals surface area (Å²) in [7, 11) is 3.45. The van der Waals surface area contributed by atoms with Gasteiger partial charge in [0.15, 0.2) is 17.3 Å². The van der Waals surface area contributed by atoms with Crippen LogP contribution in [0.1, 0.15) is 69.4 Å². The molecule has 7 nitrogen and oxygen atoms in total. The van der Waals surface area contributed by atoms with Gasteiger partial charge in [-0.15, -0.1) is 0 Å².